The van der Waals surface area contributed by atoms with Crippen LogP contribution in [0.2, 0.25) is 10.0 Å². The van der Waals surface area contributed by atoms with Gasteiger partial charge in [-0.1, -0.05) is 42.2 Å². The Hall–Kier alpha value is -1.17. The summed E-state index contributed by atoms with van der Waals surface area (Å²) in [6.07, 6.45) is 3.78. The van der Waals surface area contributed by atoms with E-state index in [0.717, 1.165) is 19.4 Å². The third kappa shape index (κ3) is 2.91. The maximum atomic E-state index is 6.13. The number of nitrogens with one attached hydrogen (secondary N) is 1. The van der Waals surface area contributed by atoms with E-state index in [0.29, 0.717) is 27.5 Å². The second-order valence-corrected chi connectivity index (χ2v) is 6.76. The highest BCUT2D eigenvalue weighted by Crippen LogP contribution is 2.40. The highest BCUT2D eigenvalue weighted by Gasteiger charge is 2.37. The Morgan fingerprint density at radius 3 is 2.90 bits per heavy atom. The largest absolute Gasteiger partial charge is 0.337 e. The molecule has 1 saturated heterocycles. The summed E-state index contributed by atoms with van der Waals surface area (Å²) in [5, 5.41) is 8.33. The zero-order valence-corrected chi connectivity index (χ0v) is 13.4. The summed E-state index contributed by atoms with van der Waals surface area (Å²) in [5.74, 6) is 0.956. The molecule has 0 radical (unpaired) electrons. The zero-order chi connectivity index (χ0) is 15.0. The van der Waals surface area contributed by atoms with Gasteiger partial charge in [0, 0.05) is 6.20 Å². The average molecular weight is 327 g/mol. The molecule has 112 valence electrons. The number of pyridine rings is 1. The van der Waals surface area contributed by atoms with Gasteiger partial charge in [0.2, 0.25) is 11.7 Å². The van der Waals surface area contributed by atoms with Gasteiger partial charge in [-0.15, -0.1) is 0 Å². The Morgan fingerprint density at radius 1 is 1.38 bits per heavy atom. The Bertz CT molecular complexity index is 656. The topological polar surface area (TPSA) is 63.8 Å². The standard InChI is InChI=1S/C14H16Cl2N4O/c1-14(2)4-3-5-17-11(14)13-19-12(20-21-13)10-9(16)6-8(15)7-18-10/h6-7,11,17H,3-5H2,1-2H3. The fraction of sp³-hybridized carbons (Fsp3) is 0.500. The van der Waals surface area contributed by atoms with Gasteiger partial charge < -0.3 is 9.84 Å². The second kappa shape index (κ2) is 5.55. The highest BCUT2D eigenvalue weighted by molar-refractivity contribution is 6.35. The molecule has 0 aromatic carbocycles. The maximum absolute atomic E-state index is 6.13. The van der Waals surface area contributed by atoms with E-state index in [2.05, 4.69) is 34.3 Å². The number of hydrogen-bond acceptors (Lipinski definition) is 5. The van der Waals surface area contributed by atoms with Crippen molar-refractivity contribution >= 4 is 23.2 Å². The van der Waals surface area contributed by atoms with E-state index >= 15 is 0 Å². The van der Waals surface area contributed by atoms with Crippen LogP contribution in [0.1, 0.15) is 38.6 Å². The van der Waals surface area contributed by atoms with Crippen molar-refractivity contribution in [3.8, 4) is 11.5 Å². The van der Waals surface area contributed by atoms with E-state index in [9.17, 15) is 0 Å². The number of nitrogens with zero attached hydrogens (tertiary/aromatic N) is 3. The van der Waals surface area contributed by atoms with Crippen molar-refractivity contribution in [2.75, 3.05) is 6.54 Å². The van der Waals surface area contributed by atoms with Gasteiger partial charge in [-0.05, 0) is 30.9 Å². The first-order chi connectivity index (χ1) is 9.97. The first kappa shape index (κ1) is 14.8. The van der Waals surface area contributed by atoms with Crippen LogP contribution in [-0.4, -0.2) is 21.7 Å². The van der Waals surface area contributed by atoms with Gasteiger partial charge in [0.05, 0.1) is 16.1 Å². The maximum Gasteiger partial charge on any atom is 0.244 e. The molecular weight excluding hydrogens is 311 g/mol. The minimum Gasteiger partial charge on any atom is -0.337 e. The van der Waals surface area contributed by atoms with Crippen molar-refractivity contribution in [2.45, 2.75) is 32.7 Å². The van der Waals surface area contributed by atoms with Crippen LogP contribution in [0.5, 0.6) is 0 Å². The number of rotatable bonds is 2. The van der Waals surface area contributed by atoms with Crippen LogP contribution in [0, 0.1) is 5.41 Å². The normalized spacial score (nSPS) is 21.4. The molecule has 0 bridgehead atoms. The van der Waals surface area contributed by atoms with Gasteiger partial charge in [0.25, 0.3) is 0 Å². The quantitative estimate of drug-likeness (QED) is 0.906. The SMILES string of the molecule is CC1(C)CCCNC1c1nc(-c2ncc(Cl)cc2Cl)no1. The van der Waals surface area contributed by atoms with Crippen LogP contribution in [-0.2, 0) is 0 Å². The van der Waals surface area contributed by atoms with E-state index in [-0.39, 0.29) is 11.5 Å². The molecule has 0 amide bonds. The van der Waals surface area contributed by atoms with E-state index in [1.807, 2.05) is 0 Å². The zero-order valence-electron chi connectivity index (χ0n) is 11.9. The lowest BCUT2D eigenvalue weighted by atomic mass is 9.77. The fourth-order valence-corrected chi connectivity index (χ4v) is 3.12. The van der Waals surface area contributed by atoms with Gasteiger partial charge in [-0.2, -0.15) is 4.98 Å². The smallest absolute Gasteiger partial charge is 0.244 e. The molecule has 3 rings (SSSR count). The Morgan fingerprint density at radius 2 is 2.19 bits per heavy atom. The highest BCUT2D eigenvalue weighted by atomic mass is 35.5. The Labute approximate surface area is 133 Å². The van der Waals surface area contributed by atoms with Crippen molar-refractivity contribution in [1.29, 1.82) is 0 Å². The summed E-state index contributed by atoms with van der Waals surface area (Å²) >= 11 is 12.0. The van der Waals surface area contributed by atoms with Crippen LogP contribution in [0.3, 0.4) is 0 Å². The molecule has 1 aliphatic rings. The first-order valence-electron chi connectivity index (χ1n) is 6.86. The lowest BCUT2D eigenvalue weighted by molar-refractivity contribution is 0.146. The molecule has 1 unspecified atom stereocenters. The van der Waals surface area contributed by atoms with Crippen LogP contribution in [0.4, 0.5) is 0 Å². The molecule has 0 aliphatic carbocycles. The Balaban J connectivity index is 1.93. The molecule has 1 N–H and O–H groups in total. The first-order valence-corrected chi connectivity index (χ1v) is 7.61. The number of hydrogen-bond donors (Lipinski definition) is 1. The average Bonchev–Trinajstić information content (AvgIpc) is 2.87. The van der Waals surface area contributed by atoms with Crippen LogP contribution in [0.15, 0.2) is 16.8 Å². The van der Waals surface area contributed by atoms with Crippen molar-refractivity contribution < 1.29 is 4.52 Å². The van der Waals surface area contributed by atoms with Gasteiger partial charge >= 0.3 is 0 Å². The van der Waals surface area contributed by atoms with Crippen LogP contribution < -0.4 is 5.32 Å². The summed E-state index contributed by atoms with van der Waals surface area (Å²) in [6.45, 7) is 5.34. The van der Waals surface area contributed by atoms with E-state index in [4.69, 9.17) is 27.7 Å². The van der Waals surface area contributed by atoms with Crippen molar-refractivity contribution in [3.63, 3.8) is 0 Å². The summed E-state index contributed by atoms with van der Waals surface area (Å²) in [6, 6.07) is 1.66. The minimum atomic E-state index is 0.0403. The third-order valence-electron chi connectivity index (χ3n) is 3.84. The lowest BCUT2D eigenvalue weighted by Crippen LogP contribution is -2.39. The molecule has 2 aromatic rings. The second-order valence-electron chi connectivity index (χ2n) is 5.92. The molecule has 5 nitrogen and oxygen atoms in total. The summed E-state index contributed by atoms with van der Waals surface area (Å²) < 4.78 is 5.42. The molecule has 2 aromatic heterocycles. The van der Waals surface area contributed by atoms with Crippen LogP contribution >= 0.6 is 23.2 Å². The molecule has 0 saturated carbocycles. The molecule has 3 heterocycles. The molecule has 7 heteroatoms. The minimum absolute atomic E-state index is 0.0403. The molecule has 1 aliphatic heterocycles. The summed E-state index contributed by atoms with van der Waals surface area (Å²) in [7, 11) is 0. The molecular formula is C14H16Cl2N4O. The Kier molecular flexibility index (Phi) is 3.90. The number of piperidine rings is 1. The van der Waals surface area contributed by atoms with Gasteiger partial charge in [0.15, 0.2) is 0 Å². The van der Waals surface area contributed by atoms with Crippen molar-refractivity contribution in [1.82, 2.24) is 20.4 Å². The van der Waals surface area contributed by atoms with E-state index in [1.54, 1.807) is 6.07 Å². The summed E-state index contributed by atoms with van der Waals surface area (Å²) in [4.78, 5) is 8.63. The predicted molar refractivity (Wildman–Crippen MR) is 81.3 cm³/mol. The lowest BCUT2D eigenvalue weighted by Gasteiger charge is -2.36. The van der Waals surface area contributed by atoms with Gasteiger partial charge in [-0.25, -0.2) is 4.98 Å². The molecule has 1 atom stereocenters. The predicted octanol–water partition coefficient (Wildman–Crippen LogP) is 3.89. The van der Waals surface area contributed by atoms with Gasteiger partial charge in [0.1, 0.15) is 5.69 Å². The number of aromatic nitrogens is 3. The van der Waals surface area contributed by atoms with E-state index in [1.165, 1.54) is 6.20 Å². The summed E-state index contributed by atoms with van der Waals surface area (Å²) in [5.41, 5.74) is 0.545. The third-order valence-corrected chi connectivity index (χ3v) is 4.33. The van der Waals surface area contributed by atoms with Gasteiger partial charge in [-0.3, -0.25) is 0 Å². The molecule has 21 heavy (non-hydrogen) atoms. The number of halogens is 2. The van der Waals surface area contributed by atoms with Crippen molar-refractivity contribution in [2.24, 2.45) is 5.41 Å². The molecule has 0 spiro atoms. The monoisotopic (exact) mass is 326 g/mol. The van der Waals surface area contributed by atoms with Crippen molar-refractivity contribution in [3.05, 3.63) is 28.2 Å². The van der Waals surface area contributed by atoms with Crippen LogP contribution in [0.25, 0.3) is 11.5 Å². The van der Waals surface area contributed by atoms with E-state index < -0.39 is 0 Å². The molecule has 1 fully saturated rings. The fourth-order valence-electron chi connectivity index (χ4n) is 2.66.